The second-order valence-electron chi connectivity index (χ2n) is 14.6. The van der Waals surface area contributed by atoms with E-state index in [4.69, 9.17) is 53.3 Å². The number of aromatic amines is 1. The fraction of sp³-hybridized carbons (Fsp3) is 0.350. The van der Waals surface area contributed by atoms with Crippen LogP contribution in [0, 0.1) is 13.8 Å². The Morgan fingerprint density at radius 2 is 1.21 bits per heavy atom. The summed E-state index contributed by atoms with van der Waals surface area (Å²) >= 11 is 17.5. The minimum atomic E-state index is -0.191. The summed E-state index contributed by atoms with van der Waals surface area (Å²) in [5.74, 6) is 3.61. The van der Waals surface area contributed by atoms with Crippen LogP contribution in [0.5, 0.6) is 0 Å². The molecule has 0 amide bonds. The molecule has 0 bridgehead atoms. The number of nitrogens with zero attached hydrogens (tertiary/aromatic N) is 11. The first kappa shape index (κ1) is 41.9. The van der Waals surface area contributed by atoms with E-state index < -0.39 is 0 Å². The summed E-state index contributed by atoms with van der Waals surface area (Å²) in [5, 5.41) is 9.48. The Bertz CT molecular complexity index is 2900. The third kappa shape index (κ3) is 9.28. The number of hydrogen-bond acceptors (Lipinski definition) is 14. The maximum Gasteiger partial charge on any atom is 0.280 e. The van der Waals surface area contributed by atoms with E-state index in [0.29, 0.717) is 75.6 Å². The van der Waals surface area contributed by atoms with Gasteiger partial charge in [0.25, 0.3) is 11.1 Å². The highest BCUT2D eigenvalue weighted by Crippen LogP contribution is 2.38. The van der Waals surface area contributed by atoms with E-state index in [1.807, 2.05) is 48.5 Å². The van der Waals surface area contributed by atoms with Crippen LogP contribution in [0.4, 0.5) is 0 Å². The number of hydrogen-bond donors (Lipinski definition) is 1. The quantitative estimate of drug-likeness (QED) is 0.171. The van der Waals surface area contributed by atoms with Gasteiger partial charge in [0.2, 0.25) is 11.8 Å². The van der Waals surface area contributed by atoms with Crippen LogP contribution in [0.3, 0.4) is 0 Å². The average Bonchev–Trinajstić information content (AvgIpc) is 4.11. The van der Waals surface area contributed by atoms with Crippen molar-refractivity contribution in [1.82, 2.24) is 58.9 Å². The number of H-pyrrole nitrogens is 1. The highest BCUT2D eigenvalue weighted by molar-refractivity contribution is 6.30. The van der Waals surface area contributed by atoms with Gasteiger partial charge in [-0.05, 0) is 62.1 Å². The van der Waals surface area contributed by atoms with Crippen LogP contribution < -0.4 is 11.1 Å². The molecule has 21 heteroatoms. The van der Waals surface area contributed by atoms with E-state index >= 15 is 0 Å². The van der Waals surface area contributed by atoms with E-state index in [0.717, 1.165) is 29.0 Å². The number of nitrogens with one attached hydrogen (secondary N) is 1. The van der Waals surface area contributed by atoms with Crippen molar-refractivity contribution in [2.24, 2.45) is 14.1 Å². The Hall–Kier alpha value is -5.79. The molecule has 0 saturated carbocycles. The van der Waals surface area contributed by atoms with Gasteiger partial charge in [-0.2, -0.15) is 9.97 Å². The summed E-state index contributed by atoms with van der Waals surface area (Å²) in [6.45, 7) is 4.74. The van der Waals surface area contributed by atoms with Crippen LogP contribution in [0.1, 0.15) is 83.1 Å². The number of fused-ring (bicyclic) bond motifs is 2. The molecule has 6 aromatic heterocycles. The molecule has 18 nitrogen and oxygen atoms in total. The van der Waals surface area contributed by atoms with Crippen LogP contribution in [0.2, 0.25) is 10.0 Å². The summed E-state index contributed by atoms with van der Waals surface area (Å²) in [4.78, 5) is 52.1. The lowest BCUT2D eigenvalue weighted by Gasteiger charge is -2.09. The van der Waals surface area contributed by atoms with Crippen molar-refractivity contribution in [2.45, 2.75) is 63.2 Å². The molecule has 316 valence electrons. The van der Waals surface area contributed by atoms with Crippen molar-refractivity contribution in [2.75, 3.05) is 13.2 Å². The van der Waals surface area contributed by atoms with Crippen molar-refractivity contribution < 1.29 is 18.5 Å². The molecule has 1 N–H and O–H groups in total. The summed E-state index contributed by atoms with van der Waals surface area (Å²) in [7, 11) is 3.53. The lowest BCUT2D eigenvalue weighted by molar-refractivity contribution is 0.110. The lowest BCUT2D eigenvalue weighted by Crippen LogP contribution is -2.25. The van der Waals surface area contributed by atoms with Crippen molar-refractivity contribution >= 4 is 57.1 Å². The van der Waals surface area contributed by atoms with Crippen molar-refractivity contribution in [3.8, 4) is 0 Å². The zero-order chi connectivity index (χ0) is 42.8. The minimum Gasteiger partial charge on any atom is -0.373 e. The first-order valence-corrected chi connectivity index (χ1v) is 20.4. The first-order chi connectivity index (χ1) is 29.4. The van der Waals surface area contributed by atoms with Crippen LogP contribution in [-0.2, 0) is 36.0 Å². The molecule has 2 aliphatic rings. The molecular formula is C40H39Cl3N12O6. The molecular weight excluding hydrogens is 851 g/mol. The maximum atomic E-state index is 12.9. The highest BCUT2D eigenvalue weighted by atomic mass is 35.5. The molecule has 2 fully saturated rings. The molecule has 10 rings (SSSR count). The topological polar surface area (TPSA) is 213 Å². The molecule has 2 aromatic carbocycles. The molecule has 8 aromatic rings. The number of ether oxygens (including phenoxy) is 2. The van der Waals surface area contributed by atoms with Crippen LogP contribution in [0.15, 0.2) is 79.8 Å². The predicted octanol–water partition coefficient (Wildman–Crippen LogP) is 6.44. The molecule has 0 spiro atoms. The Morgan fingerprint density at radius 3 is 1.75 bits per heavy atom. The smallest absolute Gasteiger partial charge is 0.280 e. The van der Waals surface area contributed by atoms with Gasteiger partial charge >= 0.3 is 0 Å². The molecule has 2 aliphatic heterocycles. The summed E-state index contributed by atoms with van der Waals surface area (Å²) in [6, 6.07) is 15.3. The van der Waals surface area contributed by atoms with Gasteiger partial charge in [0.05, 0.1) is 38.1 Å². The van der Waals surface area contributed by atoms with Gasteiger partial charge in [-0.15, -0.1) is 11.6 Å². The molecule has 0 aliphatic carbocycles. The number of aryl methyl sites for hydroxylation is 4. The Labute approximate surface area is 361 Å². The Morgan fingerprint density at radius 1 is 0.705 bits per heavy atom. The van der Waals surface area contributed by atoms with Gasteiger partial charge in [0.15, 0.2) is 34.0 Å². The number of alkyl halides is 1. The largest absolute Gasteiger partial charge is 0.373 e. The normalized spacial score (nSPS) is 18.6. The molecule has 61 heavy (non-hydrogen) atoms. The Kier molecular flexibility index (Phi) is 12.4. The van der Waals surface area contributed by atoms with E-state index in [-0.39, 0.29) is 47.6 Å². The summed E-state index contributed by atoms with van der Waals surface area (Å²) < 4.78 is 27.0. The van der Waals surface area contributed by atoms with Crippen molar-refractivity contribution in [3.05, 3.63) is 138 Å². The van der Waals surface area contributed by atoms with E-state index in [1.165, 1.54) is 4.57 Å². The van der Waals surface area contributed by atoms with Gasteiger partial charge in [0.1, 0.15) is 24.1 Å². The third-order valence-corrected chi connectivity index (χ3v) is 11.0. The molecule has 8 heterocycles. The number of benzene rings is 2. The number of imidazole rings is 2. The molecule has 2 saturated heterocycles. The van der Waals surface area contributed by atoms with Gasteiger partial charge in [-0.3, -0.25) is 14.2 Å². The zero-order valence-electron chi connectivity index (χ0n) is 33.3. The van der Waals surface area contributed by atoms with Crippen molar-refractivity contribution in [1.29, 1.82) is 0 Å². The minimum absolute atomic E-state index is 0.0266. The summed E-state index contributed by atoms with van der Waals surface area (Å²) in [6.07, 6.45) is 4.76. The maximum absolute atomic E-state index is 12.9. The van der Waals surface area contributed by atoms with E-state index in [2.05, 4.69) is 45.2 Å². The van der Waals surface area contributed by atoms with Crippen molar-refractivity contribution in [3.63, 3.8) is 0 Å². The van der Waals surface area contributed by atoms with Gasteiger partial charge < -0.3 is 32.6 Å². The monoisotopic (exact) mass is 888 g/mol. The number of halogens is 3. The van der Waals surface area contributed by atoms with Gasteiger partial charge in [0, 0.05) is 36.0 Å². The molecule has 0 radical (unpaired) electrons. The fourth-order valence-electron chi connectivity index (χ4n) is 7.15. The second-order valence-corrected chi connectivity index (χ2v) is 15.7. The fourth-order valence-corrected chi connectivity index (χ4v) is 7.51. The summed E-state index contributed by atoms with van der Waals surface area (Å²) in [5.41, 5.74) is 3.74. The predicted molar refractivity (Wildman–Crippen MR) is 224 cm³/mol. The van der Waals surface area contributed by atoms with Crippen LogP contribution in [-0.4, -0.2) is 72.1 Å². The highest BCUT2D eigenvalue weighted by Gasteiger charge is 2.32. The van der Waals surface area contributed by atoms with Crippen LogP contribution in [0.25, 0.3) is 22.3 Å². The number of rotatable bonds is 7. The standard InChI is InChI=1S/C20H19ClN6O3.C13H12Cl2N2O2.C7H8N4O/c1-11-23-19-17(26(2)10-22-19)20(28)27(11)8-16-24-18(25-30-16)13-7-15(29-9-13)12-3-5-14(21)6-4-12;14-6-12-16-13(17-19-12)9-5-11(18-7-9)8-1-3-10(15)4-2-8;1-4-9-6-5(7(12)10-4)11(2)3-8-6/h3-6,10,13,15H,7-9H2,1-2H3;1-4,9,11H,5-7H2;3H,1-2H3,(H,9,10,12)/t13-,15+;9-,11+;/m00./s1. The second kappa shape index (κ2) is 18.1. The van der Waals surface area contributed by atoms with E-state index in [9.17, 15) is 9.59 Å². The average molecular weight is 890 g/mol. The SMILES string of the molecule is Cc1nc2ncn(C)c2c(=O)[nH]1.Cc1nc2ncn(C)c2c(=O)n1Cc1nc([C@@H]2CO[C@@H](c3ccc(Cl)cc3)C2)no1.ClCc1nc([C@@H]2CO[C@@H](c3ccc(Cl)cc3)C2)no1. The molecule has 4 atom stereocenters. The number of aromatic nitrogens is 12. The molecule has 0 unspecified atom stereocenters. The first-order valence-electron chi connectivity index (χ1n) is 19.2. The van der Waals surface area contributed by atoms with E-state index in [1.54, 1.807) is 49.7 Å². The zero-order valence-corrected chi connectivity index (χ0v) is 35.6. The Balaban J connectivity index is 0.000000141. The van der Waals surface area contributed by atoms with Crippen LogP contribution >= 0.6 is 34.8 Å². The van der Waals surface area contributed by atoms with Gasteiger partial charge in [-0.25, -0.2) is 19.9 Å². The third-order valence-electron chi connectivity index (χ3n) is 10.3. The lowest BCUT2D eigenvalue weighted by atomic mass is 10.0. The van der Waals surface area contributed by atoms with Gasteiger partial charge in [-0.1, -0.05) is 57.8 Å².